The van der Waals surface area contributed by atoms with Crippen LogP contribution in [0.1, 0.15) is 17.5 Å². The van der Waals surface area contributed by atoms with Gasteiger partial charge in [0.05, 0.1) is 18.5 Å². The summed E-state index contributed by atoms with van der Waals surface area (Å²) in [4.78, 5) is 20.9. The SMILES string of the molecule is CCNC(=NCCNC(=O)c1ccco1)N1CCN(c2ccccc2O)CC1.I. The van der Waals surface area contributed by atoms with E-state index < -0.39 is 0 Å². The van der Waals surface area contributed by atoms with Gasteiger partial charge in [0, 0.05) is 39.3 Å². The van der Waals surface area contributed by atoms with Gasteiger partial charge in [0.2, 0.25) is 0 Å². The standard InChI is InChI=1S/C20H27N5O3.HI/c1-2-21-20(23-10-9-22-19(27)18-8-5-15-28-18)25-13-11-24(12-14-25)16-6-3-4-7-17(16)26;/h3-8,15,26H,2,9-14H2,1H3,(H,21,23)(H,22,27);1H. The van der Waals surface area contributed by atoms with Gasteiger partial charge in [0.25, 0.3) is 5.91 Å². The second-order valence-corrected chi connectivity index (χ2v) is 6.43. The molecule has 1 saturated heterocycles. The predicted octanol–water partition coefficient (Wildman–Crippen LogP) is 2.12. The number of aromatic hydroxyl groups is 1. The number of aliphatic imine (C=N–C) groups is 1. The van der Waals surface area contributed by atoms with Gasteiger partial charge in [-0.25, -0.2) is 0 Å². The third-order valence-corrected chi connectivity index (χ3v) is 4.54. The number of carbonyl (C=O) groups excluding carboxylic acids is 1. The van der Waals surface area contributed by atoms with Gasteiger partial charge in [-0.2, -0.15) is 0 Å². The number of phenols is 1. The summed E-state index contributed by atoms with van der Waals surface area (Å²) < 4.78 is 5.07. The molecule has 8 nitrogen and oxygen atoms in total. The highest BCUT2D eigenvalue weighted by Gasteiger charge is 2.21. The molecule has 29 heavy (non-hydrogen) atoms. The number of halogens is 1. The van der Waals surface area contributed by atoms with Crippen LogP contribution in [0.5, 0.6) is 5.75 Å². The fraction of sp³-hybridized carbons (Fsp3) is 0.400. The number of piperazine rings is 1. The van der Waals surface area contributed by atoms with Crippen molar-refractivity contribution in [1.82, 2.24) is 15.5 Å². The number of nitrogens with one attached hydrogen (secondary N) is 2. The van der Waals surface area contributed by atoms with E-state index in [-0.39, 0.29) is 29.9 Å². The van der Waals surface area contributed by atoms with E-state index in [2.05, 4.69) is 25.4 Å². The fourth-order valence-electron chi connectivity index (χ4n) is 3.14. The first-order valence-electron chi connectivity index (χ1n) is 9.57. The Hall–Kier alpha value is -2.43. The average molecular weight is 513 g/mol. The number of para-hydroxylation sites is 2. The molecule has 0 atom stereocenters. The minimum atomic E-state index is -0.235. The lowest BCUT2D eigenvalue weighted by molar-refractivity contribution is 0.0927. The number of anilines is 1. The molecule has 1 fully saturated rings. The Kier molecular flexibility index (Phi) is 9.10. The van der Waals surface area contributed by atoms with Crippen molar-refractivity contribution in [2.45, 2.75) is 6.92 Å². The van der Waals surface area contributed by atoms with Crippen LogP contribution in [-0.2, 0) is 0 Å². The third kappa shape index (κ3) is 6.28. The van der Waals surface area contributed by atoms with Crippen LogP contribution in [0.4, 0.5) is 5.69 Å². The summed E-state index contributed by atoms with van der Waals surface area (Å²) in [5.74, 6) is 1.22. The van der Waals surface area contributed by atoms with Gasteiger partial charge in [-0.15, -0.1) is 24.0 Å². The van der Waals surface area contributed by atoms with Gasteiger partial charge in [-0.1, -0.05) is 12.1 Å². The van der Waals surface area contributed by atoms with Crippen LogP contribution in [0.25, 0.3) is 0 Å². The van der Waals surface area contributed by atoms with E-state index >= 15 is 0 Å². The van der Waals surface area contributed by atoms with E-state index in [1.165, 1.54) is 6.26 Å². The molecular formula is C20H28IN5O3. The van der Waals surface area contributed by atoms with Crippen molar-refractivity contribution in [1.29, 1.82) is 0 Å². The van der Waals surface area contributed by atoms with Crippen molar-refractivity contribution in [2.24, 2.45) is 4.99 Å². The summed E-state index contributed by atoms with van der Waals surface area (Å²) in [6.45, 7) is 6.94. The van der Waals surface area contributed by atoms with Crippen LogP contribution in [-0.4, -0.2) is 67.7 Å². The Morgan fingerprint density at radius 1 is 1.14 bits per heavy atom. The molecule has 0 saturated carbocycles. The molecule has 0 spiro atoms. The summed E-state index contributed by atoms with van der Waals surface area (Å²) in [6, 6.07) is 10.7. The molecule has 1 aliphatic heterocycles. The van der Waals surface area contributed by atoms with Gasteiger partial charge in [0.15, 0.2) is 11.7 Å². The quantitative estimate of drug-likeness (QED) is 0.237. The number of nitrogens with zero attached hydrogens (tertiary/aromatic N) is 3. The summed E-state index contributed by atoms with van der Waals surface area (Å²) in [6.07, 6.45) is 1.48. The smallest absolute Gasteiger partial charge is 0.287 e. The minimum Gasteiger partial charge on any atom is -0.506 e. The van der Waals surface area contributed by atoms with Crippen LogP contribution in [0.3, 0.4) is 0 Å². The lowest BCUT2D eigenvalue weighted by Gasteiger charge is -2.37. The second kappa shape index (κ2) is 11.5. The Bertz CT molecular complexity index is 789. The summed E-state index contributed by atoms with van der Waals surface area (Å²) in [5, 5.41) is 16.2. The number of guanidine groups is 1. The lowest BCUT2D eigenvalue weighted by atomic mass is 10.2. The molecule has 2 aromatic rings. The van der Waals surface area contributed by atoms with E-state index in [4.69, 9.17) is 4.42 Å². The summed E-state index contributed by atoms with van der Waals surface area (Å²) >= 11 is 0. The van der Waals surface area contributed by atoms with Crippen molar-refractivity contribution >= 4 is 41.5 Å². The first kappa shape index (κ1) is 22.9. The van der Waals surface area contributed by atoms with Crippen LogP contribution >= 0.6 is 24.0 Å². The van der Waals surface area contributed by atoms with Gasteiger partial charge < -0.3 is 30.0 Å². The molecule has 9 heteroatoms. The molecule has 1 aliphatic rings. The maximum absolute atomic E-state index is 11.9. The number of furan rings is 1. The molecule has 0 unspecified atom stereocenters. The molecule has 3 N–H and O–H groups in total. The number of hydrogen-bond donors (Lipinski definition) is 3. The van der Waals surface area contributed by atoms with Gasteiger partial charge >= 0.3 is 0 Å². The Morgan fingerprint density at radius 2 is 1.90 bits per heavy atom. The zero-order valence-corrected chi connectivity index (χ0v) is 18.8. The highest BCUT2D eigenvalue weighted by molar-refractivity contribution is 14.0. The number of phenolic OH excluding ortho intramolecular Hbond substituents is 1. The van der Waals surface area contributed by atoms with E-state index in [1.54, 1.807) is 18.2 Å². The molecule has 2 heterocycles. The lowest BCUT2D eigenvalue weighted by Crippen LogP contribution is -2.52. The maximum Gasteiger partial charge on any atom is 0.287 e. The van der Waals surface area contributed by atoms with E-state index in [9.17, 15) is 9.90 Å². The zero-order valence-electron chi connectivity index (χ0n) is 16.5. The van der Waals surface area contributed by atoms with Crippen LogP contribution in [0, 0.1) is 0 Å². The molecule has 158 valence electrons. The van der Waals surface area contributed by atoms with Crippen molar-refractivity contribution in [3.63, 3.8) is 0 Å². The average Bonchev–Trinajstić information content (AvgIpc) is 3.26. The van der Waals surface area contributed by atoms with Crippen LogP contribution < -0.4 is 15.5 Å². The van der Waals surface area contributed by atoms with Gasteiger partial charge in [-0.05, 0) is 31.2 Å². The number of benzene rings is 1. The largest absolute Gasteiger partial charge is 0.506 e. The van der Waals surface area contributed by atoms with Crippen LogP contribution in [0.15, 0.2) is 52.1 Å². The molecule has 0 bridgehead atoms. The topological polar surface area (TPSA) is 93.3 Å². The highest BCUT2D eigenvalue weighted by Crippen LogP contribution is 2.27. The maximum atomic E-state index is 11.9. The van der Waals surface area contributed by atoms with Gasteiger partial charge in [-0.3, -0.25) is 9.79 Å². The fourth-order valence-corrected chi connectivity index (χ4v) is 3.14. The normalized spacial score (nSPS) is 14.3. The summed E-state index contributed by atoms with van der Waals surface area (Å²) in [7, 11) is 0. The predicted molar refractivity (Wildman–Crippen MR) is 124 cm³/mol. The zero-order chi connectivity index (χ0) is 19.8. The minimum absolute atomic E-state index is 0. The van der Waals surface area contributed by atoms with Crippen LogP contribution in [0.2, 0.25) is 0 Å². The van der Waals surface area contributed by atoms with Gasteiger partial charge in [0.1, 0.15) is 5.75 Å². The van der Waals surface area contributed by atoms with Crippen molar-refractivity contribution in [2.75, 3.05) is 50.7 Å². The summed E-state index contributed by atoms with van der Waals surface area (Å²) in [5.41, 5.74) is 0.865. The highest BCUT2D eigenvalue weighted by atomic mass is 127. The molecule has 3 rings (SSSR count). The number of hydrogen-bond acceptors (Lipinski definition) is 5. The molecule has 1 aromatic carbocycles. The van der Waals surface area contributed by atoms with E-state index in [1.807, 2.05) is 25.1 Å². The van der Waals surface area contributed by atoms with Crippen molar-refractivity contribution in [3.8, 4) is 5.75 Å². The second-order valence-electron chi connectivity index (χ2n) is 6.43. The Balaban J connectivity index is 0.00000300. The Morgan fingerprint density at radius 3 is 2.55 bits per heavy atom. The van der Waals surface area contributed by atoms with E-state index in [0.717, 1.165) is 44.4 Å². The first-order valence-corrected chi connectivity index (χ1v) is 9.57. The molecular weight excluding hydrogens is 485 g/mol. The number of amides is 1. The first-order chi connectivity index (χ1) is 13.7. The number of rotatable bonds is 6. The Labute approximate surface area is 188 Å². The molecule has 0 radical (unpaired) electrons. The number of carbonyl (C=O) groups is 1. The third-order valence-electron chi connectivity index (χ3n) is 4.54. The molecule has 1 amide bonds. The van der Waals surface area contributed by atoms with Crippen molar-refractivity contribution in [3.05, 3.63) is 48.4 Å². The monoisotopic (exact) mass is 513 g/mol. The molecule has 1 aromatic heterocycles. The molecule has 0 aliphatic carbocycles. The van der Waals surface area contributed by atoms with Crippen molar-refractivity contribution < 1.29 is 14.3 Å². The van der Waals surface area contributed by atoms with E-state index in [0.29, 0.717) is 24.6 Å².